The zero-order valence-electron chi connectivity index (χ0n) is 16.9. The first kappa shape index (κ1) is 17.7. The highest BCUT2D eigenvalue weighted by Crippen LogP contribution is 2.47. The maximum absolute atomic E-state index is 6.45. The van der Waals surface area contributed by atoms with E-state index in [1.807, 2.05) is 6.20 Å². The van der Waals surface area contributed by atoms with Crippen LogP contribution in [0.2, 0.25) is 0 Å². The van der Waals surface area contributed by atoms with Gasteiger partial charge in [0.15, 0.2) is 0 Å². The molecular formula is C27H23NO. The monoisotopic (exact) mass is 377 g/mol. The van der Waals surface area contributed by atoms with Crippen LogP contribution in [0, 0.1) is 6.92 Å². The lowest BCUT2D eigenvalue weighted by atomic mass is 9.93. The van der Waals surface area contributed by atoms with E-state index in [1.165, 1.54) is 22.3 Å². The number of pyridine rings is 1. The van der Waals surface area contributed by atoms with Gasteiger partial charge >= 0.3 is 0 Å². The highest BCUT2D eigenvalue weighted by atomic mass is 16.5. The van der Waals surface area contributed by atoms with Gasteiger partial charge in [-0.1, -0.05) is 55.8 Å². The maximum Gasteiger partial charge on any atom is 0.135 e. The maximum atomic E-state index is 6.45. The lowest BCUT2D eigenvalue weighted by Gasteiger charge is -2.12. The van der Waals surface area contributed by atoms with Gasteiger partial charge in [0.2, 0.25) is 0 Å². The fraction of sp³-hybridized carbons (Fsp3) is 0.148. The molecule has 1 aromatic heterocycles. The summed E-state index contributed by atoms with van der Waals surface area (Å²) in [5, 5.41) is 0. The van der Waals surface area contributed by atoms with Crippen molar-refractivity contribution in [2.45, 2.75) is 26.7 Å². The van der Waals surface area contributed by atoms with E-state index in [9.17, 15) is 0 Å². The van der Waals surface area contributed by atoms with E-state index in [1.54, 1.807) is 0 Å². The molecule has 4 aromatic rings. The molecule has 0 unspecified atom stereocenters. The largest absolute Gasteiger partial charge is 0.456 e. The number of fused-ring (bicyclic) bond motifs is 5. The number of ether oxygens (including phenoxy) is 1. The van der Waals surface area contributed by atoms with Crippen LogP contribution >= 0.6 is 0 Å². The van der Waals surface area contributed by atoms with Crippen molar-refractivity contribution in [2.75, 3.05) is 0 Å². The second kappa shape index (κ2) is 6.89. The third kappa shape index (κ3) is 3.11. The van der Waals surface area contributed by atoms with Crippen LogP contribution < -0.4 is 4.74 Å². The van der Waals surface area contributed by atoms with Gasteiger partial charge in [-0.25, -0.2) is 0 Å². The van der Waals surface area contributed by atoms with Gasteiger partial charge in [0.25, 0.3) is 0 Å². The Morgan fingerprint density at radius 2 is 1.52 bits per heavy atom. The number of nitrogens with zero attached hydrogens (tertiary/aromatic N) is 1. The molecule has 0 fully saturated rings. The summed E-state index contributed by atoms with van der Waals surface area (Å²) in [7, 11) is 0. The Morgan fingerprint density at radius 1 is 0.724 bits per heavy atom. The molecule has 142 valence electrons. The lowest BCUT2D eigenvalue weighted by Crippen LogP contribution is -1.92. The summed E-state index contributed by atoms with van der Waals surface area (Å²) >= 11 is 0. The molecule has 2 heterocycles. The molecule has 2 heteroatoms. The van der Waals surface area contributed by atoms with Crippen LogP contribution in [0.15, 0.2) is 79.0 Å². The zero-order valence-corrected chi connectivity index (χ0v) is 16.9. The fourth-order valence-corrected chi connectivity index (χ4v) is 3.97. The van der Waals surface area contributed by atoms with Crippen molar-refractivity contribution in [2.24, 2.45) is 0 Å². The van der Waals surface area contributed by atoms with Crippen LogP contribution in [0.3, 0.4) is 0 Å². The second-order valence-electron chi connectivity index (χ2n) is 7.99. The first-order chi connectivity index (χ1) is 14.1. The van der Waals surface area contributed by atoms with E-state index in [0.29, 0.717) is 5.92 Å². The van der Waals surface area contributed by atoms with Gasteiger partial charge in [0.05, 0.1) is 5.69 Å². The van der Waals surface area contributed by atoms with Crippen LogP contribution in [-0.2, 0) is 0 Å². The van der Waals surface area contributed by atoms with Crippen molar-refractivity contribution in [3.05, 3.63) is 90.1 Å². The number of benzene rings is 3. The van der Waals surface area contributed by atoms with Crippen LogP contribution in [0.5, 0.6) is 11.5 Å². The van der Waals surface area contributed by atoms with E-state index >= 15 is 0 Å². The van der Waals surface area contributed by atoms with Crippen molar-refractivity contribution in [3.63, 3.8) is 0 Å². The summed E-state index contributed by atoms with van der Waals surface area (Å²) in [6, 6.07) is 25.6. The van der Waals surface area contributed by atoms with E-state index < -0.39 is 0 Å². The first-order valence-corrected chi connectivity index (χ1v) is 10.1. The molecular weight excluding hydrogens is 354 g/mol. The molecule has 0 atom stereocenters. The van der Waals surface area contributed by atoms with Crippen LogP contribution in [-0.4, -0.2) is 4.98 Å². The molecule has 0 radical (unpaired) electrons. The number of aromatic nitrogens is 1. The van der Waals surface area contributed by atoms with Gasteiger partial charge in [-0.05, 0) is 65.9 Å². The van der Waals surface area contributed by atoms with Gasteiger partial charge in [0, 0.05) is 22.9 Å². The third-order valence-electron chi connectivity index (χ3n) is 5.59. The Morgan fingerprint density at radius 3 is 2.31 bits per heavy atom. The van der Waals surface area contributed by atoms with Crippen molar-refractivity contribution in [1.82, 2.24) is 4.98 Å². The van der Waals surface area contributed by atoms with Crippen molar-refractivity contribution >= 4 is 0 Å². The summed E-state index contributed by atoms with van der Waals surface area (Å²) in [6.45, 7) is 6.52. The van der Waals surface area contributed by atoms with Crippen molar-refractivity contribution in [3.8, 4) is 45.0 Å². The van der Waals surface area contributed by atoms with E-state index in [0.717, 1.165) is 33.9 Å². The minimum absolute atomic E-state index is 0.468. The number of aryl methyl sites for hydroxylation is 1. The summed E-state index contributed by atoms with van der Waals surface area (Å²) in [4.78, 5) is 4.61. The zero-order chi connectivity index (χ0) is 20.0. The molecule has 29 heavy (non-hydrogen) atoms. The van der Waals surface area contributed by atoms with Crippen LogP contribution in [0.1, 0.15) is 30.9 Å². The molecule has 0 N–H and O–H groups in total. The second-order valence-corrected chi connectivity index (χ2v) is 7.99. The molecule has 0 bridgehead atoms. The van der Waals surface area contributed by atoms with Gasteiger partial charge in [-0.3, -0.25) is 4.98 Å². The molecule has 2 nitrogen and oxygen atoms in total. The molecule has 0 saturated heterocycles. The van der Waals surface area contributed by atoms with E-state index in [2.05, 4.69) is 98.6 Å². The minimum Gasteiger partial charge on any atom is -0.456 e. The molecule has 0 amide bonds. The average Bonchev–Trinajstić information content (AvgIpc) is 2.88. The topological polar surface area (TPSA) is 22.1 Å². The Kier molecular flexibility index (Phi) is 4.21. The average molecular weight is 377 g/mol. The van der Waals surface area contributed by atoms with E-state index in [4.69, 9.17) is 4.74 Å². The highest BCUT2D eigenvalue weighted by Gasteiger charge is 2.21. The number of hydrogen-bond acceptors (Lipinski definition) is 2. The fourth-order valence-electron chi connectivity index (χ4n) is 3.97. The van der Waals surface area contributed by atoms with Gasteiger partial charge in [-0.15, -0.1) is 0 Å². The molecule has 0 spiro atoms. The normalized spacial score (nSPS) is 11.9. The van der Waals surface area contributed by atoms with Gasteiger partial charge in [-0.2, -0.15) is 0 Å². The minimum atomic E-state index is 0.468. The van der Waals surface area contributed by atoms with Gasteiger partial charge < -0.3 is 4.74 Å². The first-order valence-electron chi connectivity index (χ1n) is 10.1. The van der Waals surface area contributed by atoms with E-state index in [-0.39, 0.29) is 0 Å². The number of rotatable bonds is 2. The molecule has 3 aromatic carbocycles. The summed E-state index contributed by atoms with van der Waals surface area (Å²) in [6.07, 6.45) is 1.89. The quantitative estimate of drug-likeness (QED) is 0.316. The Bertz CT molecular complexity index is 1220. The molecule has 1 aliphatic heterocycles. The summed E-state index contributed by atoms with van der Waals surface area (Å²) in [5.41, 5.74) is 9.21. The molecule has 5 rings (SSSR count). The highest BCUT2D eigenvalue weighted by molar-refractivity contribution is 5.91. The van der Waals surface area contributed by atoms with Crippen LogP contribution in [0.25, 0.3) is 33.5 Å². The molecule has 0 saturated carbocycles. The summed E-state index contributed by atoms with van der Waals surface area (Å²) in [5.74, 6) is 2.23. The van der Waals surface area contributed by atoms with Gasteiger partial charge in [0.1, 0.15) is 11.5 Å². The van der Waals surface area contributed by atoms with Crippen molar-refractivity contribution < 1.29 is 4.74 Å². The van der Waals surface area contributed by atoms with Crippen LogP contribution in [0.4, 0.5) is 0 Å². The summed E-state index contributed by atoms with van der Waals surface area (Å²) < 4.78 is 6.45. The standard InChI is InChI=1S/C27H23NO/c1-17(2)19-12-13-28-25(15-19)20-9-10-23-21-6-4-5-7-22(21)24-14-18(3)8-11-26(24)29-27(23)16-20/h4-17H,1-3H3. The number of hydrogen-bond donors (Lipinski definition) is 0. The Hall–Kier alpha value is -3.39. The lowest BCUT2D eigenvalue weighted by molar-refractivity contribution is 0.488. The third-order valence-corrected chi connectivity index (χ3v) is 5.59. The Labute approximate surface area is 171 Å². The molecule has 1 aliphatic rings. The predicted molar refractivity (Wildman–Crippen MR) is 119 cm³/mol. The Balaban J connectivity index is 1.70. The smallest absolute Gasteiger partial charge is 0.135 e. The molecule has 0 aliphatic carbocycles. The SMILES string of the molecule is Cc1ccc2c(c1)-c1ccccc1-c1ccc(-c3cc(C(C)C)ccn3)cc1O2. The predicted octanol–water partition coefficient (Wildman–Crippen LogP) is 7.62. The van der Waals surface area contributed by atoms with Crippen molar-refractivity contribution in [1.29, 1.82) is 0 Å².